The van der Waals surface area contributed by atoms with Crippen molar-refractivity contribution in [3.05, 3.63) is 11.2 Å². The molecule has 1 aromatic rings. The fourth-order valence-corrected chi connectivity index (χ4v) is 3.59. The molecular formula is C9H13ClN4O2S. The van der Waals surface area contributed by atoms with Gasteiger partial charge >= 0.3 is 0 Å². The normalized spacial score (nSPS) is 23.2. The summed E-state index contributed by atoms with van der Waals surface area (Å²) < 4.78 is 22.9. The summed E-state index contributed by atoms with van der Waals surface area (Å²) >= 11 is 5.89. The average Bonchev–Trinajstić information content (AvgIpc) is 2.22. The van der Waals surface area contributed by atoms with Crippen LogP contribution in [-0.4, -0.2) is 35.9 Å². The molecule has 6 nitrogen and oxygen atoms in total. The van der Waals surface area contributed by atoms with Crippen molar-refractivity contribution in [3.8, 4) is 0 Å². The first-order valence-corrected chi connectivity index (χ1v) is 7.41. The van der Waals surface area contributed by atoms with Crippen molar-refractivity contribution in [2.75, 3.05) is 22.6 Å². The Kier molecular flexibility index (Phi) is 3.39. The number of anilines is 2. The Morgan fingerprint density at radius 2 is 2.29 bits per heavy atom. The molecule has 0 saturated carbocycles. The maximum atomic E-state index is 11.5. The predicted molar refractivity (Wildman–Crippen MR) is 66.8 cm³/mol. The molecule has 0 radical (unpaired) electrons. The molecule has 0 bridgehead atoms. The van der Waals surface area contributed by atoms with E-state index in [1.807, 2.05) is 0 Å². The highest BCUT2D eigenvalue weighted by Gasteiger charge is 2.25. The minimum atomic E-state index is -2.96. The summed E-state index contributed by atoms with van der Waals surface area (Å²) in [6.45, 7) is 0. The van der Waals surface area contributed by atoms with Crippen LogP contribution < -0.4 is 11.1 Å². The molecule has 1 atom stereocenters. The molecular weight excluding hydrogens is 264 g/mol. The van der Waals surface area contributed by atoms with Crippen LogP contribution in [0, 0.1) is 0 Å². The molecule has 0 aliphatic carbocycles. The first-order chi connectivity index (χ1) is 7.96. The minimum Gasteiger partial charge on any atom is -0.368 e. The fourth-order valence-electron chi connectivity index (χ4n) is 1.81. The van der Waals surface area contributed by atoms with E-state index >= 15 is 0 Å². The highest BCUT2D eigenvalue weighted by molar-refractivity contribution is 7.91. The molecule has 1 fully saturated rings. The van der Waals surface area contributed by atoms with Gasteiger partial charge in [0.25, 0.3) is 0 Å². The van der Waals surface area contributed by atoms with Crippen LogP contribution >= 0.6 is 11.6 Å². The monoisotopic (exact) mass is 276 g/mol. The van der Waals surface area contributed by atoms with Gasteiger partial charge in [0.05, 0.1) is 17.7 Å². The lowest BCUT2D eigenvalue weighted by Gasteiger charge is -2.23. The Morgan fingerprint density at radius 1 is 1.53 bits per heavy atom. The Bertz CT molecular complexity index is 520. The SMILES string of the molecule is Nc1ncc(Cl)c(NC2CCCS(=O)(=O)C2)n1. The van der Waals surface area contributed by atoms with Gasteiger partial charge in [-0.25, -0.2) is 13.4 Å². The molecule has 1 saturated heterocycles. The lowest BCUT2D eigenvalue weighted by Crippen LogP contribution is -2.35. The van der Waals surface area contributed by atoms with Crippen LogP contribution in [-0.2, 0) is 9.84 Å². The van der Waals surface area contributed by atoms with E-state index in [2.05, 4.69) is 15.3 Å². The van der Waals surface area contributed by atoms with Gasteiger partial charge in [-0.2, -0.15) is 4.98 Å². The average molecular weight is 277 g/mol. The highest BCUT2D eigenvalue weighted by atomic mass is 35.5. The molecule has 0 spiro atoms. The standard InChI is InChI=1S/C9H13ClN4O2S/c10-7-4-12-9(11)14-8(7)13-6-2-1-3-17(15,16)5-6/h4,6H,1-3,5H2,(H3,11,12,13,14). The summed E-state index contributed by atoms with van der Waals surface area (Å²) in [7, 11) is -2.96. The van der Waals surface area contributed by atoms with Crippen molar-refractivity contribution in [3.63, 3.8) is 0 Å². The van der Waals surface area contributed by atoms with Gasteiger partial charge in [0.2, 0.25) is 5.95 Å². The Morgan fingerprint density at radius 3 is 3.00 bits per heavy atom. The number of hydrogen-bond donors (Lipinski definition) is 2. The summed E-state index contributed by atoms with van der Waals surface area (Å²) in [5, 5.41) is 3.34. The van der Waals surface area contributed by atoms with Crippen molar-refractivity contribution in [2.45, 2.75) is 18.9 Å². The van der Waals surface area contributed by atoms with Crippen LogP contribution in [0.3, 0.4) is 0 Å². The van der Waals surface area contributed by atoms with Crippen molar-refractivity contribution in [1.82, 2.24) is 9.97 Å². The Balaban J connectivity index is 2.13. The lowest BCUT2D eigenvalue weighted by molar-refractivity contribution is 0.561. The number of nitrogens with two attached hydrogens (primary N) is 1. The first kappa shape index (κ1) is 12.4. The van der Waals surface area contributed by atoms with Gasteiger partial charge in [0, 0.05) is 6.04 Å². The highest BCUT2D eigenvalue weighted by Crippen LogP contribution is 2.22. The van der Waals surface area contributed by atoms with Crippen LogP contribution in [0.4, 0.5) is 11.8 Å². The van der Waals surface area contributed by atoms with Gasteiger partial charge in [-0.05, 0) is 12.8 Å². The van der Waals surface area contributed by atoms with Crippen molar-refractivity contribution < 1.29 is 8.42 Å². The van der Waals surface area contributed by atoms with Gasteiger partial charge < -0.3 is 11.1 Å². The van der Waals surface area contributed by atoms with Gasteiger partial charge in [-0.15, -0.1) is 0 Å². The number of sulfone groups is 1. The molecule has 0 amide bonds. The number of aromatic nitrogens is 2. The van der Waals surface area contributed by atoms with E-state index < -0.39 is 9.84 Å². The van der Waals surface area contributed by atoms with Crippen LogP contribution in [0.5, 0.6) is 0 Å². The number of nitrogen functional groups attached to an aromatic ring is 1. The zero-order valence-electron chi connectivity index (χ0n) is 9.06. The number of hydrogen-bond acceptors (Lipinski definition) is 6. The zero-order chi connectivity index (χ0) is 12.5. The van der Waals surface area contributed by atoms with E-state index in [1.54, 1.807) is 0 Å². The second-order valence-electron chi connectivity index (χ2n) is 4.02. The van der Waals surface area contributed by atoms with E-state index in [-0.39, 0.29) is 23.5 Å². The first-order valence-electron chi connectivity index (χ1n) is 5.21. The van der Waals surface area contributed by atoms with Gasteiger partial charge in [0.1, 0.15) is 5.02 Å². The maximum Gasteiger partial charge on any atom is 0.222 e. The third kappa shape index (κ3) is 3.19. The second-order valence-corrected chi connectivity index (χ2v) is 6.66. The zero-order valence-corrected chi connectivity index (χ0v) is 10.6. The van der Waals surface area contributed by atoms with Crippen molar-refractivity contribution >= 4 is 33.2 Å². The quantitative estimate of drug-likeness (QED) is 0.825. The van der Waals surface area contributed by atoms with Crippen LogP contribution in [0.1, 0.15) is 12.8 Å². The molecule has 17 heavy (non-hydrogen) atoms. The molecule has 2 rings (SSSR count). The molecule has 94 valence electrons. The van der Waals surface area contributed by atoms with E-state index in [4.69, 9.17) is 17.3 Å². The van der Waals surface area contributed by atoms with Crippen molar-refractivity contribution in [1.29, 1.82) is 0 Å². The topological polar surface area (TPSA) is 98.0 Å². The second kappa shape index (κ2) is 4.66. The fraction of sp³-hybridized carbons (Fsp3) is 0.556. The van der Waals surface area contributed by atoms with Crippen LogP contribution in [0.2, 0.25) is 5.02 Å². The third-order valence-corrected chi connectivity index (χ3v) is 4.66. The summed E-state index contributed by atoms with van der Waals surface area (Å²) in [6.07, 6.45) is 2.82. The number of halogens is 1. The summed E-state index contributed by atoms with van der Waals surface area (Å²) in [4.78, 5) is 7.68. The van der Waals surface area contributed by atoms with E-state index in [9.17, 15) is 8.42 Å². The van der Waals surface area contributed by atoms with E-state index in [0.717, 1.165) is 6.42 Å². The summed E-state index contributed by atoms with van der Waals surface area (Å²) in [5.41, 5.74) is 5.45. The Hall–Kier alpha value is -1.08. The largest absolute Gasteiger partial charge is 0.368 e. The van der Waals surface area contributed by atoms with Crippen LogP contribution in [0.25, 0.3) is 0 Å². The predicted octanol–water partition coefficient (Wildman–Crippen LogP) is 0.701. The summed E-state index contributed by atoms with van der Waals surface area (Å²) in [5.74, 6) is 0.856. The molecule has 1 aliphatic heterocycles. The molecule has 2 heterocycles. The smallest absolute Gasteiger partial charge is 0.222 e. The van der Waals surface area contributed by atoms with E-state index in [1.165, 1.54) is 6.20 Å². The van der Waals surface area contributed by atoms with Gasteiger partial charge in [0.15, 0.2) is 15.7 Å². The number of nitrogens with zero attached hydrogens (tertiary/aromatic N) is 2. The minimum absolute atomic E-state index is 0.104. The number of nitrogens with one attached hydrogen (secondary N) is 1. The molecule has 3 N–H and O–H groups in total. The Labute approximate surface area is 105 Å². The maximum absolute atomic E-state index is 11.5. The molecule has 0 aromatic carbocycles. The third-order valence-electron chi connectivity index (χ3n) is 2.57. The molecule has 1 aliphatic rings. The molecule has 8 heteroatoms. The van der Waals surface area contributed by atoms with Gasteiger partial charge in [-0.1, -0.05) is 11.6 Å². The van der Waals surface area contributed by atoms with E-state index in [0.29, 0.717) is 17.3 Å². The van der Waals surface area contributed by atoms with Crippen molar-refractivity contribution in [2.24, 2.45) is 0 Å². The lowest BCUT2D eigenvalue weighted by atomic mass is 10.2. The van der Waals surface area contributed by atoms with Crippen LogP contribution in [0.15, 0.2) is 6.20 Å². The summed E-state index contributed by atoms with van der Waals surface area (Å²) in [6, 6.07) is -0.166. The van der Waals surface area contributed by atoms with Gasteiger partial charge in [-0.3, -0.25) is 0 Å². The number of rotatable bonds is 2. The molecule has 1 unspecified atom stereocenters. The molecule has 1 aromatic heterocycles.